The van der Waals surface area contributed by atoms with Gasteiger partial charge in [-0.2, -0.15) is 0 Å². The normalized spacial score (nSPS) is 3.33. The second kappa shape index (κ2) is 16.9. The first-order valence-corrected chi connectivity index (χ1v) is 0.901. The Balaban J connectivity index is -0.0000000450. The van der Waals surface area contributed by atoms with Gasteiger partial charge in [-0.3, -0.25) is 0 Å². The quantitative estimate of drug-likeness (QED) is 0.324. The molecule has 0 rings (SSSR count). The van der Waals surface area contributed by atoms with Crippen LogP contribution in [0.15, 0.2) is 12.7 Å². The van der Waals surface area contributed by atoms with Crippen molar-refractivity contribution in [3.63, 3.8) is 0 Å². The Hall–Kier alpha value is 0.865. The average molecular weight is 194 g/mol. The number of allylic oxidation sites excluding steroid dienone is 1. The third-order valence-electron chi connectivity index (χ3n) is 0.0833. The van der Waals surface area contributed by atoms with Crippen LogP contribution in [0.5, 0.6) is 0 Å². The Bertz CT molecular complexity index is 31.8. The van der Waals surface area contributed by atoms with E-state index in [1.54, 1.807) is 0 Å². The maximum absolute atomic E-state index is 8.93. The fourth-order valence-corrected chi connectivity index (χ4v) is 0. The molecule has 0 spiro atoms. The molecule has 0 saturated heterocycles. The van der Waals surface area contributed by atoms with Gasteiger partial charge in [0.25, 0.3) is 0 Å². The molecule has 0 aliphatic rings. The predicted octanol–water partition coefficient (Wildman–Crippen LogP) is -0.101. The van der Waals surface area contributed by atoms with Crippen molar-refractivity contribution in [2.24, 2.45) is 0 Å². The zero-order valence-corrected chi connectivity index (χ0v) is 8.67. The molecule has 0 unspecified atom stereocenters. The summed E-state index contributed by atoms with van der Waals surface area (Å²) in [6, 6.07) is 0. The molecule has 3 heteroatoms. The maximum Gasteiger partial charge on any atom is 0 e. The molecule has 3 radical (unpaired) electrons. The van der Waals surface area contributed by atoms with E-state index in [0.29, 0.717) is 0 Å². The summed E-state index contributed by atoms with van der Waals surface area (Å²) in [5, 5.41) is 0. The third-order valence-corrected chi connectivity index (χ3v) is 0.0833. The second-order valence-corrected chi connectivity index (χ2v) is 0.322. The fraction of sp³-hybridized carbons (Fsp3) is 0. The molecule has 0 aromatic heterocycles. The fourth-order valence-electron chi connectivity index (χ4n) is 0. The molecule has 1 nitrogen and oxygen atoms in total. The van der Waals surface area contributed by atoms with Gasteiger partial charge in [-0.15, -0.1) is 0 Å². The van der Waals surface area contributed by atoms with Crippen molar-refractivity contribution in [2.45, 2.75) is 0 Å². The van der Waals surface area contributed by atoms with E-state index < -0.39 is 0 Å². The Morgan fingerprint density at radius 3 is 1.83 bits per heavy atom. The molecule has 0 bridgehead atoms. The minimum absolute atomic E-state index is 0. The Morgan fingerprint density at radius 1 is 1.67 bits per heavy atom. The standard InChI is InChI=1S/C3H3O.Al.Cd/c1-2-3-4;;/h2H,1H2;;/q-1;;. The van der Waals surface area contributed by atoms with Crippen LogP contribution < -0.4 is 0 Å². The zero-order chi connectivity index (χ0) is 3.41. The smallest absolute Gasteiger partial charge is 0 e. The number of carbonyl (C=O) groups excluding carboxylic acids is 1. The van der Waals surface area contributed by atoms with Crippen LogP contribution >= 0.6 is 0 Å². The van der Waals surface area contributed by atoms with Crippen LogP contribution in [0.1, 0.15) is 0 Å². The molecule has 27 valence electrons. The topological polar surface area (TPSA) is 17.1 Å². The first-order valence-electron chi connectivity index (χ1n) is 0.901. The van der Waals surface area contributed by atoms with E-state index in [0.717, 1.165) is 6.08 Å². The maximum atomic E-state index is 8.93. The summed E-state index contributed by atoms with van der Waals surface area (Å²) in [6.45, 7) is 3.06. The molecule has 0 heterocycles. The molecule has 0 saturated carbocycles. The van der Waals surface area contributed by atoms with Gasteiger partial charge in [0.2, 0.25) is 0 Å². The molecule has 6 heavy (non-hydrogen) atoms. The van der Waals surface area contributed by atoms with Crippen molar-refractivity contribution in [1.82, 2.24) is 0 Å². The predicted molar refractivity (Wildman–Crippen MR) is 21.6 cm³/mol. The molecule has 0 aliphatic carbocycles. The molecule has 0 fully saturated rings. The molecule has 0 aromatic rings. The zero-order valence-electron chi connectivity index (χ0n) is 3.48. The van der Waals surface area contributed by atoms with Gasteiger partial charge in [0, 0.05) is 44.7 Å². The van der Waals surface area contributed by atoms with Gasteiger partial charge in [-0.25, -0.2) is 12.7 Å². The van der Waals surface area contributed by atoms with E-state index in [1.165, 1.54) is 6.29 Å². The molecule has 0 N–H and O–H groups in total. The summed E-state index contributed by atoms with van der Waals surface area (Å²) in [6.07, 6.45) is 2.51. The SMILES string of the molecule is C=C[C-]=O.[Al].[Cd]. The van der Waals surface area contributed by atoms with Crippen molar-refractivity contribution in [2.75, 3.05) is 0 Å². The van der Waals surface area contributed by atoms with Crippen LogP contribution in [0.2, 0.25) is 0 Å². The van der Waals surface area contributed by atoms with Crippen molar-refractivity contribution >= 4 is 23.6 Å². The van der Waals surface area contributed by atoms with Gasteiger partial charge in [0.05, 0.1) is 0 Å². The van der Waals surface area contributed by atoms with Gasteiger partial charge in [-0.05, 0) is 6.29 Å². The van der Waals surface area contributed by atoms with E-state index in [2.05, 4.69) is 6.58 Å². The summed E-state index contributed by atoms with van der Waals surface area (Å²) < 4.78 is 0. The van der Waals surface area contributed by atoms with E-state index in [9.17, 15) is 0 Å². The van der Waals surface area contributed by atoms with Gasteiger partial charge in [0.15, 0.2) is 0 Å². The van der Waals surface area contributed by atoms with Crippen LogP contribution in [0.25, 0.3) is 0 Å². The van der Waals surface area contributed by atoms with Crippen LogP contribution in [-0.2, 0) is 32.1 Å². The van der Waals surface area contributed by atoms with Gasteiger partial charge < -0.3 is 4.79 Å². The van der Waals surface area contributed by atoms with Crippen molar-refractivity contribution in [3.05, 3.63) is 12.7 Å². The molecule has 0 aromatic carbocycles. The largest absolute Gasteiger partial charge is 0.419 e. The number of rotatable bonds is 1. The van der Waals surface area contributed by atoms with Gasteiger partial charge in [-0.1, -0.05) is 0 Å². The second-order valence-electron chi connectivity index (χ2n) is 0.322. The Morgan fingerprint density at radius 2 is 1.83 bits per heavy atom. The van der Waals surface area contributed by atoms with Crippen LogP contribution in [0, 0.1) is 0 Å². The summed E-state index contributed by atoms with van der Waals surface area (Å²) in [5.41, 5.74) is 0. The van der Waals surface area contributed by atoms with E-state index in [1.807, 2.05) is 0 Å². The van der Waals surface area contributed by atoms with Crippen LogP contribution in [0.3, 0.4) is 0 Å². The Kier molecular flexibility index (Phi) is 44.6. The van der Waals surface area contributed by atoms with E-state index in [-0.39, 0.29) is 44.7 Å². The summed E-state index contributed by atoms with van der Waals surface area (Å²) in [5.74, 6) is 0. The van der Waals surface area contributed by atoms with Crippen LogP contribution in [0.4, 0.5) is 0 Å². The molecular weight excluding hydrogens is 191 g/mol. The van der Waals surface area contributed by atoms with E-state index >= 15 is 0 Å². The molecule has 0 aliphatic heterocycles. The first-order chi connectivity index (χ1) is 1.91. The summed E-state index contributed by atoms with van der Waals surface area (Å²) in [7, 11) is 0. The van der Waals surface area contributed by atoms with E-state index in [4.69, 9.17) is 4.79 Å². The van der Waals surface area contributed by atoms with Crippen molar-refractivity contribution < 1.29 is 32.1 Å². The molecular formula is C3H3AlCdO-. The first kappa shape index (κ1) is 15.8. The van der Waals surface area contributed by atoms with Crippen LogP contribution in [-0.4, -0.2) is 23.6 Å². The number of hydrogen-bond donors (Lipinski definition) is 0. The van der Waals surface area contributed by atoms with Crippen molar-refractivity contribution in [3.8, 4) is 0 Å². The summed E-state index contributed by atoms with van der Waals surface area (Å²) >= 11 is 0. The number of hydrogen-bond acceptors (Lipinski definition) is 1. The minimum atomic E-state index is 0. The minimum Gasteiger partial charge on any atom is -0.419 e. The van der Waals surface area contributed by atoms with Gasteiger partial charge in [0.1, 0.15) is 0 Å². The summed E-state index contributed by atoms with van der Waals surface area (Å²) in [4.78, 5) is 8.93. The third kappa shape index (κ3) is 20.9. The average Bonchev–Trinajstić information content (AvgIpc) is 1.37. The monoisotopic (exact) mass is 196 g/mol. The molecule has 0 atom stereocenters. The van der Waals surface area contributed by atoms with Crippen molar-refractivity contribution in [1.29, 1.82) is 0 Å². The Labute approximate surface area is 68.1 Å². The van der Waals surface area contributed by atoms with Gasteiger partial charge >= 0.3 is 0 Å². The molecule has 0 amide bonds.